The second-order valence-corrected chi connectivity index (χ2v) is 14.9. The first-order valence-corrected chi connectivity index (χ1v) is 23.8. The maximum absolute atomic E-state index is 12.8. The first-order valence-electron chi connectivity index (χ1n) is 23.8. The second-order valence-electron chi connectivity index (χ2n) is 14.9. The zero-order valence-corrected chi connectivity index (χ0v) is 39.2. The first kappa shape index (κ1) is 57.8. The fraction of sp³-hybridized carbons (Fsp3) is 0.456. The molecule has 0 aromatic rings. The largest absolute Gasteiger partial charge is 0.462 e. The van der Waals surface area contributed by atoms with Gasteiger partial charge in [-0.05, 0) is 77.0 Å². The van der Waals surface area contributed by atoms with Crippen LogP contribution in [0.25, 0.3) is 0 Å². The van der Waals surface area contributed by atoms with Crippen LogP contribution in [0.3, 0.4) is 0 Å². The SMILES string of the molecule is CC\C=C/C=C\C=C/C=C\C=C/CCCCCC(=O)OCC(COC(=O)CCCCCCC\C=C/C=C\C=C/C=C\CC)OC(=O)CCCCC\C=C/C=C\C=C/C=C\C=C/CC. The smallest absolute Gasteiger partial charge is 0.306 e. The molecule has 0 radical (unpaired) electrons. The van der Waals surface area contributed by atoms with Gasteiger partial charge in [0.05, 0.1) is 0 Å². The minimum Gasteiger partial charge on any atom is -0.462 e. The summed E-state index contributed by atoms with van der Waals surface area (Å²) < 4.78 is 16.7. The van der Waals surface area contributed by atoms with Crippen LogP contribution in [0.4, 0.5) is 0 Å². The number of rotatable bonds is 39. The predicted molar refractivity (Wildman–Crippen MR) is 269 cm³/mol. The van der Waals surface area contributed by atoms with Crippen molar-refractivity contribution in [1.82, 2.24) is 0 Å². The van der Waals surface area contributed by atoms with Crippen molar-refractivity contribution < 1.29 is 28.6 Å². The van der Waals surface area contributed by atoms with Gasteiger partial charge in [-0.25, -0.2) is 0 Å². The van der Waals surface area contributed by atoms with Gasteiger partial charge < -0.3 is 14.2 Å². The van der Waals surface area contributed by atoms with Crippen molar-refractivity contribution in [2.24, 2.45) is 0 Å². The van der Waals surface area contributed by atoms with E-state index < -0.39 is 6.10 Å². The van der Waals surface area contributed by atoms with E-state index in [1.807, 2.05) is 122 Å². The molecule has 0 saturated heterocycles. The third-order valence-electron chi connectivity index (χ3n) is 9.05. The normalized spacial score (nSPS) is 13.6. The summed E-state index contributed by atoms with van der Waals surface area (Å²) in [6.45, 7) is 6.07. The number of hydrogen-bond acceptors (Lipinski definition) is 6. The molecule has 0 aliphatic rings. The van der Waals surface area contributed by atoms with Gasteiger partial charge in [-0.1, -0.05) is 223 Å². The molecule has 6 nitrogen and oxygen atoms in total. The quantitative estimate of drug-likeness (QED) is 0.0265. The van der Waals surface area contributed by atoms with Crippen LogP contribution in [0.15, 0.2) is 170 Å². The van der Waals surface area contributed by atoms with E-state index in [4.69, 9.17) is 14.2 Å². The summed E-state index contributed by atoms with van der Waals surface area (Å²) in [5, 5.41) is 0. The van der Waals surface area contributed by atoms with Crippen LogP contribution in [0.5, 0.6) is 0 Å². The van der Waals surface area contributed by atoms with Crippen LogP contribution in [0, 0.1) is 0 Å². The summed E-state index contributed by atoms with van der Waals surface area (Å²) in [6, 6.07) is 0. The van der Waals surface area contributed by atoms with Crippen molar-refractivity contribution in [3.05, 3.63) is 170 Å². The van der Waals surface area contributed by atoms with Gasteiger partial charge in [0.25, 0.3) is 0 Å². The van der Waals surface area contributed by atoms with Crippen LogP contribution < -0.4 is 0 Å². The molecule has 0 aromatic heterocycles. The predicted octanol–water partition coefficient (Wildman–Crippen LogP) is 15.6. The van der Waals surface area contributed by atoms with Crippen molar-refractivity contribution in [3.8, 4) is 0 Å². The molecule has 1 unspecified atom stereocenters. The van der Waals surface area contributed by atoms with Crippen LogP contribution in [0.2, 0.25) is 0 Å². The van der Waals surface area contributed by atoms with E-state index in [1.54, 1.807) is 0 Å². The lowest BCUT2D eigenvalue weighted by Gasteiger charge is -2.18. The Kier molecular flexibility index (Phi) is 45.3. The van der Waals surface area contributed by atoms with E-state index in [0.29, 0.717) is 19.3 Å². The van der Waals surface area contributed by atoms with E-state index in [-0.39, 0.29) is 44.0 Å². The summed E-state index contributed by atoms with van der Waals surface area (Å²) in [4.78, 5) is 37.9. The Morgan fingerprint density at radius 1 is 0.317 bits per heavy atom. The van der Waals surface area contributed by atoms with Gasteiger partial charge in [0.2, 0.25) is 0 Å². The highest BCUT2D eigenvalue weighted by Crippen LogP contribution is 2.11. The van der Waals surface area contributed by atoms with E-state index in [2.05, 4.69) is 69.4 Å². The van der Waals surface area contributed by atoms with Crippen LogP contribution in [-0.4, -0.2) is 37.2 Å². The molecule has 63 heavy (non-hydrogen) atoms. The number of carbonyl (C=O) groups is 3. The van der Waals surface area contributed by atoms with Crippen LogP contribution in [0.1, 0.15) is 149 Å². The van der Waals surface area contributed by atoms with Crippen molar-refractivity contribution in [2.45, 2.75) is 155 Å². The fourth-order valence-electron chi connectivity index (χ4n) is 5.55. The molecule has 0 bridgehead atoms. The highest BCUT2D eigenvalue weighted by molar-refractivity contribution is 5.71. The maximum atomic E-state index is 12.8. The van der Waals surface area contributed by atoms with Crippen LogP contribution in [-0.2, 0) is 28.6 Å². The Balaban J connectivity index is 4.65. The molecule has 6 heteroatoms. The molecule has 1 atom stereocenters. The zero-order valence-electron chi connectivity index (χ0n) is 39.2. The van der Waals surface area contributed by atoms with E-state index in [1.165, 1.54) is 0 Å². The highest BCUT2D eigenvalue weighted by Gasteiger charge is 2.19. The molecule has 0 rings (SSSR count). The Morgan fingerprint density at radius 3 is 0.905 bits per heavy atom. The number of unbranched alkanes of at least 4 members (excludes halogenated alkanes) is 11. The Bertz CT molecular complexity index is 1550. The fourth-order valence-corrected chi connectivity index (χ4v) is 5.55. The lowest BCUT2D eigenvalue weighted by atomic mass is 10.1. The van der Waals surface area contributed by atoms with Crippen LogP contribution >= 0.6 is 0 Å². The van der Waals surface area contributed by atoms with Gasteiger partial charge >= 0.3 is 17.9 Å². The number of esters is 3. The van der Waals surface area contributed by atoms with Gasteiger partial charge in [0.1, 0.15) is 13.2 Å². The first-order chi connectivity index (χ1) is 31.0. The van der Waals surface area contributed by atoms with Gasteiger partial charge in [0, 0.05) is 19.3 Å². The average molecular weight is 863 g/mol. The van der Waals surface area contributed by atoms with Gasteiger partial charge in [-0.2, -0.15) is 0 Å². The van der Waals surface area contributed by atoms with Gasteiger partial charge in [0.15, 0.2) is 6.10 Å². The Hall–Kier alpha value is -5.23. The molecule has 0 amide bonds. The molecule has 0 aromatic carbocycles. The topological polar surface area (TPSA) is 78.9 Å². The molecule has 0 aliphatic carbocycles. The number of carbonyl (C=O) groups excluding carboxylic acids is 3. The summed E-state index contributed by atoms with van der Waals surface area (Å²) in [5.74, 6) is -1.06. The highest BCUT2D eigenvalue weighted by atomic mass is 16.6. The minimum atomic E-state index is -0.837. The molecule has 0 heterocycles. The number of hydrogen-bond donors (Lipinski definition) is 0. The summed E-state index contributed by atoms with van der Waals surface area (Å²) >= 11 is 0. The lowest BCUT2D eigenvalue weighted by molar-refractivity contribution is -0.167. The molecular formula is C57H82O6. The maximum Gasteiger partial charge on any atom is 0.306 e. The standard InChI is InChI=1S/C57H82O6/c1-4-7-10-13-16-19-22-25-28-31-34-37-40-43-46-49-55(58)61-52-54(63-57(60)51-48-45-42-39-36-33-30-27-24-21-18-15-12-9-6-3)53-62-56(59)50-47-44-41-38-35-32-29-26-23-20-17-14-11-8-5-2/h7-31,33-34,36,54H,4-6,32,35,37-53H2,1-3H3/b10-7-,11-8-,12-9-,16-13-,17-14-,18-15-,22-19-,23-20-,24-21-,28-25-,29-26-,30-27-,34-31-,36-33-. The molecule has 0 spiro atoms. The summed E-state index contributed by atoms with van der Waals surface area (Å²) in [5.41, 5.74) is 0. The average Bonchev–Trinajstić information content (AvgIpc) is 3.28. The molecule has 0 fully saturated rings. The van der Waals surface area contributed by atoms with Crippen molar-refractivity contribution >= 4 is 17.9 Å². The summed E-state index contributed by atoms with van der Waals surface area (Å²) in [6.07, 6.45) is 73.3. The molecule has 0 aliphatic heterocycles. The second kappa shape index (κ2) is 49.4. The van der Waals surface area contributed by atoms with Crippen molar-refractivity contribution in [1.29, 1.82) is 0 Å². The number of ether oxygens (including phenoxy) is 3. The van der Waals surface area contributed by atoms with E-state index in [9.17, 15) is 14.4 Å². The zero-order chi connectivity index (χ0) is 45.8. The number of allylic oxidation sites excluding steroid dienone is 28. The molecule has 346 valence electrons. The third kappa shape index (κ3) is 47.7. The molecular weight excluding hydrogens is 781 g/mol. The van der Waals surface area contributed by atoms with Crippen molar-refractivity contribution in [2.75, 3.05) is 13.2 Å². The Labute approximate surface area is 383 Å². The third-order valence-corrected chi connectivity index (χ3v) is 9.05. The van der Waals surface area contributed by atoms with E-state index >= 15 is 0 Å². The minimum absolute atomic E-state index is 0.132. The monoisotopic (exact) mass is 863 g/mol. The van der Waals surface area contributed by atoms with E-state index in [0.717, 1.165) is 96.3 Å². The Morgan fingerprint density at radius 2 is 0.571 bits per heavy atom. The van der Waals surface area contributed by atoms with Gasteiger partial charge in [-0.3, -0.25) is 14.4 Å². The molecule has 0 saturated carbocycles. The van der Waals surface area contributed by atoms with Gasteiger partial charge in [-0.15, -0.1) is 0 Å². The van der Waals surface area contributed by atoms with Crippen molar-refractivity contribution in [3.63, 3.8) is 0 Å². The summed E-state index contributed by atoms with van der Waals surface area (Å²) in [7, 11) is 0. The lowest BCUT2D eigenvalue weighted by Crippen LogP contribution is -2.30. The molecule has 0 N–H and O–H groups in total.